The average Bonchev–Trinajstić information content (AvgIpc) is 2.47. The monoisotopic (exact) mass is 345 g/mol. The Hall–Kier alpha value is -2.23. The van der Waals surface area contributed by atoms with Crippen LogP contribution in [0.2, 0.25) is 0 Å². The Morgan fingerprint density at radius 1 is 0.960 bits per heavy atom. The van der Waals surface area contributed by atoms with Crippen molar-refractivity contribution in [3.63, 3.8) is 0 Å². The third kappa shape index (κ3) is 4.65. The summed E-state index contributed by atoms with van der Waals surface area (Å²) in [5.74, 6) is -2.03. The van der Waals surface area contributed by atoms with E-state index in [0.717, 1.165) is 0 Å². The molecule has 1 N–H and O–H groups in total. The molecule has 4 heteroatoms. The molecule has 2 rings (SSSR count). The maximum absolute atomic E-state index is 14.4. The molecule has 0 atom stereocenters. The molecule has 0 aromatic heterocycles. The van der Waals surface area contributed by atoms with Gasteiger partial charge in [-0.25, -0.2) is 8.78 Å². The Labute approximate surface area is 148 Å². The Bertz CT molecular complexity index is 799. The van der Waals surface area contributed by atoms with Crippen molar-refractivity contribution in [1.82, 2.24) is 5.32 Å². The number of carbonyl (C=O) groups is 1. The van der Waals surface area contributed by atoms with E-state index in [1.807, 2.05) is 41.5 Å². The fourth-order valence-electron chi connectivity index (χ4n) is 2.47. The Morgan fingerprint density at radius 3 is 2.16 bits per heavy atom. The lowest BCUT2D eigenvalue weighted by Gasteiger charge is -2.21. The van der Waals surface area contributed by atoms with Crippen molar-refractivity contribution in [1.29, 1.82) is 0 Å². The van der Waals surface area contributed by atoms with Crippen molar-refractivity contribution in [2.45, 2.75) is 52.5 Å². The van der Waals surface area contributed by atoms with E-state index in [4.69, 9.17) is 0 Å². The van der Waals surface area contributed by atoms with Crippen molar-refractivity contribution >= 4 is 5.91 Å². The lowest BCUT2D eigenvalue weighted by Crippen LogP contribution is -2.40. The fraction of sp³-hybridized carbons (Fsp3) is 0.381. The van der Waals surface area contributed by atoms with Crippen LogP contribution in [0.25, 0.3) is 11.1 Å². The second-order valence-corrected chi connectivity index (χ2v) is 8.35. The van der Waals surface area contributed by atoms with Gasteiger partial charge in [0.15, 0.2) is 11.6 Å². The highest BCUT2D eigenvalue weighted by Crippen LogP contribution is 2.32. The summed E-state index contributed by atoms with van der Waals surface area (Å²) in [6, 6.07) is 9.48. The highest BCUT2D eigenvalue weighted by atomic mass is 19.2. The Balaban J connectivity index is 2.51. The SMILES string of the molecule is CC(C)(C)NC(=O)c1cccc(-c2cc(C(C)(C)C)cc(F)c2F)c1. The zero-order valence-electron chi connectivity index (χ0n) is 15.6. The highest BCUT2D eigenvalue weighted by Gasteiger charge is 2.21. The number of hydrogen-bond donors (Lipinski definition) is 1. The zero-order valence-corrected chi connectivity index (χ0v) is 15.6. The van der Waals surface area contributed by atoms with E-state index < -0.39 is 11.6 Å². The maximum Gasteiger partial charge on any atom is 0.251 e. The van der Waals surface area contributed by atoms with Crippen LogP contribution in [0.1, 0.15) is 57.5 Å². The lowest BCUT2D eigenvalue weighted by molar-refractivity contribution is 0.0919. The van der Waals surface area contributed by atoms with E-state index in [1.54, 1.807) is 30.3 Å². The van der Waals surface area contributed by atoms with Gasteiger partial charge in [0.05, 0.1) is 0 Å². The van der Waals surface area contributed by atoms with Gasteiger partial charge in [0.2, 0.25) is 0 Å². The van der Waals surface area contributed by atoms with Gasteiger partial charge in [-0.2, -0.15) is 0 Å². The third-order valence-corrected chi connectivity index (χ3v) is 3.82. The summed E-state index contributed by atoms with van der Waals surface area (Å²) in [5, 5.41) is 2.87. The van der Waals surface area contributed by atoms with E-state index in [-0.39, 0.29) is 22.4 Å². The molecule has 0 saturated carbocycles. The molecule has 1 amide bonds. The second-order valence-electron chi connectivity index (χ2n) is 8.35. The summed E-state index contributed by atoms with van der Waals surface area (Å²) in [4.78, 5) is 12.3. The molecule has 25 heavy (non-hydrogen) atoms. The van der Waals surface area contributed by atoms with Crippen LogP contribution in [0, 0.1) is 11.6 Å². The summed E-state index contributed by atoms with van der Waals surface area (Å²) in [6.45, 7) is 11.5. The van der Waals surface area contributed by atoms with Crippen LogP contribution >= 0.6 is 0 Å². The molecule has 2 aromatic carbocycles. The molecule has 0 spiro atoms. The third-order valence-electron chi connectivity index (χ3n) is 3.82. The molecule has 2 aromatic rings. The first-order valence-electron chi connectivity index (χ1n) is 8.31. The molecule has 0 bridgehead atoms. The van der Waals surface area contributed by atoms with Crippen LogP contribution in [-0.4, -0.2) is 11.4 Å². The number of rotatable bonds is 2. The number of halogens is 2. The molecule has 0 unspecified atom stereocenters. The molecule has 0 heterocycles. The quantitative estimate of drug-likeness (QED) is 0.769. The summed E-state index contributed by atoms with van der Waals surface area (Å²) in [7, 11) is 0. The minimum Gasteiger partial charge on any atom is -0.347 e. The summed E-state index contributed by atoms with van der Waals surface area (Å²) in [5.41, 5.74) is 1.06. The number of hydrogen-bond acceptors (Lipinski definition) is 1. The number of carbonyl (C=O) groups excluding carboxylic acids is 1. The van der Waals surface area contributed by atoms with E-state index in [0.29, 0.717) is 16.7 Å². The first-order chi connectivity index (χ1) is 11.4. The minimum absolute atomic E-state index is 0.162. The molecule has 0 radical (unpaired) electrons. The van der Waals surface area contributed by atoms with Crippen LogP contribution in [0.3, 0.4) is 0 Å². The van der Waals surface area contributed by atoms with Crippen LogP contribution < -0.4 is 5.32 Å². The van der Waals surface area contributed by atoms with Gasteiger partial charge in [-0.1, -0.05) is 32.9 Å². The van der Waals surface area contributed by atoms with Gasteiger partial charge in [0.25, 0.3) is 5.91 Å². The molecular formula is C21H25F2NO. The Morgan fingerprint density at radius 2 is 1.60 bits per heavy atom. The van der Waals surface area contributed by atoms with Crippen LogP contribution in [0.5, 0.6) is 0 Å². The van der Waals surface area contributed by atoms with Crippen molar-refractivity contribution in [2.24, 2.45) is 0 Å². The van der Waals surface area contributed by atoms with Gasteiger partial charge in [-0.05, 0) is 61.6 Å². The van der Waals surface area contributed by atoms with Crippen molar-refractivity contribution in [3.8, 4) is 11.1 Å². The second kappa shape index (κ2) is 6.58. The smallest absolute Gasteiger partial charge is 0.251 e. The molecular weight excluding hydrogens is 320 g/mol. The van der Waals surface area contributed by atoms with Gasteiger partial charge < -0.3 is 5.32 Å². The van der Waals surface area contributed by atoms with Gasteiger partial charge in [0, 0.05) is 16.7 Å². The van der Waals surface area contributed by atoms with Crippen LogP contribution in [0.4, 0.5) is 8.78 Å². The van der Waals surface area contributed by atoms with Crippen LogP contribution in [-0.2, 0) is 5.41 Å². The largest absolute Gasteiger partial charge is 0.347 e. The van der Waals surface area contributed by atoms with Gasteiger partial charge in [-0.3, -0.25) is 4.79 Å². The van der Waals surface area contributed by atoms with E-state index >= 15 is 0 Å². The lowest BCUT2D eigenvalue weighted by atomic mass is 9.85. The predicted octanol–water partition coefficient (Wildman–Crippen LogP) is 5.46. The summed E-state index contributed by atoms with van der Waals surface area (Å²) < 4.78 is 28.5. The number of nitrogens with one attached hydrogen (secondary N) is 1. The standard InChI is InChI=1S/C21H25F2NO/c1-20(2,3)15-11-16(18(23)17(22)12-15)13-8-7-9-14(10-13)19(25)24-21(4,5)6/h7-12H,1-6H3,(H,24,25). The van der Waals surface area contributed by atoms with Crippen molar-refractivity contribution < 1.29 is 13.6 Å². The summed E-state index contributed by atoms with van der Waals surface area (Å²) in [6.07, 6.45) is 0. The van der Waals surface area contributed by atoms with E-state index in [1.165, 1.54) is 6.07 Å². The average molecular weight is 345 g/mol. The van der Waals surface area contributed by atoms with E-state index in [2.05, 4.69) is 5.32 Å². The summed E-state index contributed by atoms with van der Waals surface area (Å²) >= 11 is 0. The molecule has 0 aliphatic rings. The zero-order chi connectivity index (χ0) is 19.0. The Kier molecular flexibility index (Phi) is 5.03. The molecule has 0 fully saturated rings. The molecule has 0 aliphatic heterocycles. The number of benzene rings is 2. The molecule has 134 valence electrons. The van der Waals surface area contributed by atoms with Crippen molar-refractivity contribution in [3.05, 3.63) is 59.2 Å². The first-order valence-corrected chi connectivity index (χ1v) is 8.31. The minimum atomic E-state index is -0.902. The van der Waals surface area contributed by atoms with Gasteiger partial charge >= 0.3 is 0 Å². The maximum atomic E-state index is 14.4. The topological polar surface area (TPSA) is 29.1 Å². The highest BCUT2D eigenvalue weighted by molar-refractivity contribution is 5.95. The molecule has 2 nitrogen and oxygen atoms in total. The number of amides is 1. The fourth-order valence-corrected chi connectivity index (χ4v) is 2.47. The molecule has 0 aliphatic carbocycles. The van der Waals surface area contributed by atoms with E-state index in [9.17, 15) is 13.6 Å². The molecule has 0 saturated heterocycles. The normalized spacial score (nSPS) is 12.2. The van der Waals surface area contributed by atoms with Gasteiger partial charge in [0.1, 0.15) is 0 Å². The first kappa shape index (κ1) is 19.1. The van der Waals surface area contributed by atoms with Crippen LogP contribution in [0.15, 0.2) is 36.4 Å². The van der Waals surface area contributed by atoms with Gasteiger partial charge in [-0.15, -0.1) is 0 Å². The predicted molar refractivity (Wildman–Crippen MR) is 97.7 cm³/mol. The van der Waals surface area contributed by atoms with Crippen molar-refractivity contribution in [2.75, 3.05) is 0 Å².